The van der Waals surface area contributed by atoms with Crippen molar-refractivity contribution in [2.24, 2.45) is 0 Å². The van der Waals surface area contributed by atoms with Crippen molar-refractivity contribution < 1.29 is 8.42 Å². The van der Waals surface area contributed by atoms with Gasteiger partial charge in [-0.05, 0) is 43.2 Å². The molecule has 0 saturated carbocycles. The van der Waals surface area contributed by atoms with Crippen molar-refractivity contribution >= 4 is 33.4 Å². The molecule has 0 radical (unpaired) electrons. The predicted octanol–water partition coefficient (Wildman–Crippen LogP) is 4.37. The minimum Gasteiger partial charge on any atom is -0.279 e. The average molecular weight is 322 g/mol. The van der Waals surface area contributed by atoms with Crippen LogP contribution in [-0.2, 0) is 10.0 Å². The minimum atomic E-state index is -3.59. The lowest BCUT2D eigenvalue weighted by Gasteiger charge is -2.07. The molecule has 0 aromatic heterocycles. The summed E-state index contributed by atoms with van der Waals surface area (Å²) in [6.45, 7) is 3.87. The number of benzene rings is 2. The van der Waals surface area contributed by atoms with Crippen LogP contribution in [0.4, 0.5) is 5.69 Å². The molecule has 5 heteroatoms. The molecule has 0 unspecified atom stereocenters. The average Bonchev–Trinajstić information content (AvgIpc) is 2.41. The van der Waals surface area contributed by atoms with E-state index >= 15 is 0 Å². The van der Waals surface area contributed by atoms with Crippen LogP contribution in [0.15, 0.2) is 47.9 Å². The third kappa shape index (κ3) is 4.62. The van der Waals surface area contributed by atoms with Crippen LogP contribution in [0.3, 0.4) is 0 Å². The van der Waals surface area contributed by atoms with Crippen molar-refractivity contribution in [2.75, 3.05) is 4.72 Å². The van der Waals surface area contributed by atoms with Gasteiger partial charge in [0, 0.05) is 0 Å². The number of sulfonamides is 1. The first-order chi connectivity index (χ1) is 9.85. The van der Waals surface area contributed by atoms with Crippen LogP contribution < -0.4 is 4.72 Å². The van der Waals surface area contributed by atoms with E-state index < -0.39 is 10.0 Å². The SMILES string of the molecule is Cc1ccc(/C=C/S(=O)(=O)Nc2ccc(C)cc2Cl)cc1. The predicted molar refractivity (Wildman–Crippen MR) is 88.9 cm³/mol. The summed E-state index contributed by atoms with van der Waals surface area (Å²) < 4.78 is 26.5. The summed E-state index contributed by atoms with van der Waals surface area (Å²) in [5.74, 6) is 0. The van der Waals surface area contributed by atoms with Gasteiger partial charge in [0.05, 0.1) is 16.1 Å². The van der Waals surface area contributed by atoms with Crippen LogP contribution in [0.5, 0.6) is 0 Å². The van der Waals surface area contributed by atoms with Gasteiger partial charge in [0.1, 0.15) is 0 Å². The Labute approximate surface area is 130 Å². The molecule has 0 saturated heterocycles. The Morgan fingerprint density at radius 1 is 1.00 bits per heavy atom. The molecule has 2 aromatic rings. The molecule has 2 aromatic carbocycles. The van der Waals surface area contributed by atoms with Crippen molar-refractivity contribution in [2.45, 2.75) is 13.8 Å². The van der Waals surface area contributed by atoms with Crippen molar-refractivity contribution in [1.29, 1.82) is 0 Å². The number of halogens is 1. The van der Waals surface area contributed by atoms with E-state index in [1.54, 1.807) is 24.3 Å². The van der Waals surface area contributed by atoms with E-state index in [0.717, 1.165) is 22.1 Å². The monoisotopic (exact) mass is 321 g/mol. The van der Waals surface area contributed by atoms with Crippen LogP contribution in [0.2, 0.25) is 5.02 Å². The van der Waals surface area contributed by atoms with Crippen molar-refractivity contribution in [1.82, 2.24) is 0 Å². The van der Waals surface area contributed by atoms with Crippen LogP contribution >= 0.6 is 11.6 Å². The number of aryl methyl sites for hydroxylation is 2. The number of anilines is 1. The molecule has 0 fully saturated rings. The van der Waals surface area contributed by atoms with Crippen molar-refractivity contribution in [3.05, 3.63) is 69.6 Å². The van der Waals surface area contributed by atoms with E-state index in [4.69, 9.17) is 11.6 Å². The van der Waals surface area contributed by atoms with Crippen molar-refractivity contribution in [3.8, 4) is 0 Å². The largest absolute Gasteiger partial charge is 0.279 e. The second kappa shape index (κ2) is 6.33. The van der Waals surface area contributed by atoms with E-state index in [1.165, 1.54) is 0 Å². The third-order valence-electron chi connectivity index (χ3n) is 2.89. The molecule has 2 rings (SSSR count). The summed E-state index contributed by atoms with van der Waals surface area (Å²) >= 11 is 6.02. The summed E-state index contributed by atoms with van der Waals surface area (Å²) in [4.78, 5) is 0. The summed E-state index contributed by atoms with van der Waals surface area (Å²) in [7, 11) is -3.59. The molecule has 0 spiro atoms. The number of hydrogen-bond donors (Lipinski definition) is 1. The van der Waals surface area contributed by atoms with E-state index in [0.29, 0.717) is 10.7 Å². The first-order valence-electron chi connectivity index (χ1n) is 6.39. The summed E-state index contributed by atoms with van der Waals surface area (Å²) in [6.07, 6.45) is 1.55. The molecular weight excluding hydrogens is 306 g/mol. The highest BCUT2D eigenvalue weighted by atomic mass is 35.5. The first-order valence-corrected chi connectivity index (χ1v) is 8.32. The fraction of sp³-hybridized carbons (Fsp3) is 0.125. The third-order valence-corrected chi connectivity index (χ3v) is 4.21. The number of rotatable bonds is 4. The minimum absolute atomic E-state index is 0.371. The van der Waals surface area contributed by atoms with Gasteiger partial charge >= 0.3 is 0 Å². The maximum atomic E-state index is 12.0. The van der Waals surface area contributed by atoms with E-state index in [1.807, 2.05) is 38.1 Å². The molecule has 21 heavy (non-hydrogen) atoms. The molecule has 0 heterocycles. The summed E-state index contributed by atoms with van der Waals surface area (Å²) in [6, 6.07) is 12.7. The highest BCUT2D eigenvalue weighted by Crippen LogP contribution is 2.24. The Morgan fingerprint density at radius 2 is 1.62 bits per heavy atom. The fourth-order valence-corrected chi connectivity index (χ4v) is 2.96. The molecule has 1 N–H and O–H groups in total. The Morgan fingerprint density at radius 3 is 2.24 bits per heavy atom. The molecule has 0 aliphatic rings. The van der Waals surface area contributed by atoms with Gasteiger partial charge in [-0.2, -0.15) is 0 Å². The highest BCUT2D eigenvalue weighted by Gasteiger charge is 2.08. The topological polar surface area (TPSA) is 46.2 Å². The Bertz CT molecular complexity index is 765. The quantitative estimate of drug-likeness (QED) is 0.909. The number of hydrogen-bond acceptors (Lipinski definition) is 2. The zero-order valence-electron chi connectivity index (χ0n) is 11.8. The zero-order chi connectivity index (χ0) is 15.5. The van der Waals surface area contributed by atoms with E-state index in [-0.39, 0.29) is 0 Å². The van der Waals surface area contributed by atoms with Gasteiger partial charge in [0.15, 0.2) is 0 Å². The Balaban J connectivity index is 2.16. The van der Waals surface area contributed by atoms with Gasteiger partial charge in [-0.3, -0.25) is 4.72 Å². The molecule has 0 aliphatic heterocycles. The Hall–Kier alpha value is -1.78. The first kappa shape index (κ1) is 15.6. The van der Waals surface area contributed by atoms with E-state index in [2.05, 4.69) is 4.72 Å². The lowest BCUT2D eigenvalue weighted by atomic mass is 10.2. The second-order valence-electron chi connectivity index (χ2n) is 4.84. The van der Waals surface area contributed by atoms with Gasteiger partial charge in [-0.1, -0.05) is 47.5 Å². The molecule has 0 aliphatic carbocycles. The van der Waals surface area contributed by atoms with Crippen LogP contribution in [0.1, 0.15) is 16.7 Å². The van der Waals surface area contributed by atoms with Gasteiger partial charge in [-0.25, -0.2) is 8.42 Å². The van der Waals surface area contributed by atoms with Gasteiger partial charge in [0.2, 0.25) is 0 Å². The van der Waals surface area contributed by atoms with Crippen LogP contribution in [0, 0.1) is 13.8 Å². The normalized spacial score (nSPS) is 11.8. The summed E-state index contributed by atoms with van der Waals surface area (Å²) in [5, 5.41) is 1.51. The lowest BCUT2D eigenvalue weighted by molar-refractivity contribution is 0.609. The smallest absolute Gasteiger partial charge is 0.255 e. The number of nitrogens with one attached hydrogen (secondary N) is 1. The van der Waals surface area contributed by atoms with Crippen LogP contribution in [0.25, 0.3) is 6.08 Å². The van der Waals surface area contributed by atoms with E-state index in [9.17, 15) is 8.42 Å². The van der Waals surface area contributed by atoms with Gasteiger partial charge in [-0.15, -0.1) is 0 Å². The highest BCUT2D eigenvalue weighted by molar-refractivity contribution is 7.95. The molecule has 0 amide bonds. The fourth-order valence-electron chi connectivity index (χ4n) is 1.74. The zero-order valence-corrected chi connectivity index (χ0v) is 13.4. The van der Waals surface area contributed by atoms with Gasteiger partial charge < -0.3 is 0 Å². The Kier molecular flexibility index (Phi) is 4.70. The second-order valence-corrected chi connectivity index (χ2v) is 6.82. The standard InChI is InChI=1S/C16H16ClNO2S/c1-12-3-6-14(7-4-12)9-10-21(19,20)18-16-8-5-13(2)11-15(16)17/h3-11,18H,1-2H3/b10-9+. The summed E-state index contributed by atoms with van der Waals surface area (Å²) in [5.41, 5.74) is 3.29. The van der Waals surface area contributed by atoms with Crippen molar-refractivity contribution in [3.63, 3.8) is 0 Å². The lowest BCUT2D eigenvalue weighted by Crippen LogP contribution is -2.09. The maximum Gasteiger partial charge on any atom is 0.255 e. The molecule has 0 bridgehead atoms. The molecular formula is C16H16ClNO2S. The molecule has 110 valence electrons. The van der Waals surface area contributed by atoms with Crippen LogP contribution in [-0.4, -0.2) is 8.42 Å². The molecule has 0 atom stereocenters. The molecule has 3 nitrogen and oxygen atoms in total. The van der Waals surface area contributed by atoms with Gasteiger partial charge in [0.25, 0.3) is 10.0 Å². The maximum absolute atomic E-state index is 12.0.